The predicted octanol–water partition coefficient (Wildman–Crippen LogP) is 1.97. The summed E-state index contributed by atoms with van der Waals surface area (Å²) in [6.07, 6.45) is 0. The van der Waals surface area contributed by atoms with Crippen LogP contribution in [-0.4, -0.2) is 26.8 Å². The first-order chi connectivity index (χ1) is 12.5. The lowest BCUT2D eigenvalue weighted by Crippen LogP contribution is -2.35. The number of benzene rings is 2. The number of aromatic carboxylic acids is 1. The van der Waals surface area contributed by atoms with E-state index in [1.165, 1.54) is 12.1 Å². The molecule has 0 saturated heterocycles. The van der Waals surface area contributed by atoms with Crippen LogP contribution in [0, 0.1) is 0 Å². The van der Waals surface area contributed by atoms with Crippen LogP contribution < -0.4 is 10.9 Å². The first kappa shape index (κ1) is 17.3. The molecular weight excluding hydrogens is 334 g/mol. The normalized spacial score (nSPS) is 11.9. The largest absolute Gasteiger partial charge is 0.476 e. The fraction of sp³-hybridized carbons (Fsp3) is 0.158. The SMILES string of the molecule is C[C@@H](NC(=O)Cn1nc(C(=O)O)c2ccccc2c1=O)c1ccccc1. The van der Waals surface area contributed by atoms with Crippen LogP contribution in [0.3, 0.4) is 0 Å². The van der Waals surface area contributed by atoms with Crippen molar-refractivity contribution >= 4 is 22.6 Å². The number of aromatic nitrogens is 2. The molecule has 0 saturated carbocycles. The zero-order chi connectivity index (χ0) is 18.7. The van der Waals surface area contributed by atoms with E-state index < -0.39 is 17.4 Å². The molecule has 1 amide bonds. The van der Waals surface area contributed by atoms with Crippen molar-refractivity contribution in [3.63, 3.8) is 0 Å². The fourth-order valence-corrected chi connectivity index (χ4v) is 2.75. The van der Waals surface area contributed by atoms with Gasteiger partial charge in [0.1, 0.15) is 6.54 Å². The second-order valence-corrected chi connectivity index (χ2v) is 5.86. The molecule has 132 valence electrons. The van der Waals surface area contributed by atoms with Crippen molar-refractivity contribution in [3.8, 4) is 0 Å². The summed E-state index contributed by atoms with van der Waals surface area (Å²) in [6.45, 7) is 1.47. The van der Waals surface area contributed by atoms with E-state index in [1.807, 2.05) is 37.3 Å². The van der Waals surface area contributed by atoms with Gasteiger partial charge >= 0.3 is 5.97 Å². The topological polar surface area (TPSA) is 101 Å². The fourth-order valence-electron chi connectivity index (χ4n) is 2.75. The third-order valence-corrected chi connectivity index (χ3v) is 4.04. The van der Waals surface area contributed by atoms with Gasteiger partial charge in [-0.3, -0.25) is 9.59 Å². The highest BCUT2D eigenvalue weighted by atomic mass is 16.4. The molecule has 0 radical (unpaired) electrons. The Morgan fingerprint density at radius 1 is 1.08 bits per heavy atom. The molecule has 0 bridgehead atoms. The van der Waals surface area contributed by atoms with Gasteiger partial charge in [-0.25, -0.2) is 9.48 Å². The highest BCUT2D eigenvalue weighted by molar-refractivity contribution is 6.01. The lowest BCUT2D eigenvalue weighted by molar-refractivity contribution is -0.122. The number of hydrogen-bond donors (Lipinski definition) is 2. The average Bonchev–Trinajstić information content (AvgIpc) is 2.64. The van der Waals surface area contributed by atoms with Crippen LogP contribution in [0.15, 0.2) is 59.4 Å². The number of nitrogens with zero attached hydrogens (tertiary/aromatic N) is 2. The van der Waals surface area contributed by atoms with Gasteiger partial charge in [-0.1, -0.05) is 48.5 Å². The lowest BCUT2D eigenvalue weighted by atomic mass is 10.1. The Morgan fingerprint density at radius 2 is 1.69 bits per heavy atom. The number of hydrogen-bond acceptors (Lipinski definition) is 4. The zero-order valence-electron chi connectivity index (χ0n) is 14.0. The minimum Gasteiger partial charge on any atom is -0.476 e. The Hall–Kier alpha value is -3.48. The molecule has 7 heteroatoms. The van der Waals surface area contributed by atoms with Crippen LogP contribution in [0.1, 0.15) is 29.0 Å². The molecule has 0 unspecified atom stereocenters. The van der Waals surface area contributed by atoms with E-state index in [2.05, 4.69) is 10.4 Å². The molecule has 0 aliphatic heterocycles. The minimum absolute atomic E-state index is 0.212. The second-order valence-electron chi connectivity index (χ2n) is 5.86. The molecular formula is C19H17N3O4. The maximum atomic E-state index is 12.5. The lowest BCUT2D eigenvalue weighted by Gasteiger charge is -2.15. The third kappa shape index (κ3) is 3.46. The van der Waals surface area contributed by atoms with Crippen molar-refractivity contribution in [2.75, 3.05) is 0 Å². The molecule has 26 heavy (non-hydrogen) atoms. The van der Waals surface area contributed by atoms with E-state index in [4.69, 9.17) is 0 Å². The molecule has 2 N–H and O–H groups in total. The Bertz CT molecular complexity index is 1030. The Labute approximate surface area is 148 Å². The molecule has 2 aromatic carbocycles. The van der Waals surface area contributed by atoms with E-state index >= 15 is 0 Å². The molecule has 0 aliphatic carbocycles. The highest BCUT2D eigenvalue weighted by Crippen LogP contribution is 2.13. The third-order valence-electron chi connectivity index (χ3n) is 4.04. The molecule has 1 heterocycles. The van der Waals surface area contributed by atoms with E-state index in [9.17, 15) is 19.5 Å². The van der Waals surface area contributed by atoms with Gasteiger partial charge in [0.2, 0.25) is 5.91 Å². The van der Waals surface area contributed by atoms with Crippen molar-refractivity contribution in [2.24, 2.45) is 0 Å². The first-order valence-corrected chi connectivity index (χ1v) is 8.05. The summed E-state index contributed by atoms with van der Waals surface area (Å²) < 4.78 is 0.888. The number of carboxylic acid groups (broad SMARTS) is 1. The Kier molecular flexibility index (Phi) is 4.79. The molecule has 3 rings (SSSR count). The smallest absolute Gasteiger partial charge is 0.357 e. The minimum atomic E-state index is -1.26. The standard InChI is InChI=1S/C19H17N3O4/c1-12(13-7-3-2-4-8-13)20-16(23)11-22-18(24)15-10-6-5-9-14(15)17(21-22)19(25)26/h2-10,12H,11H2,1H3,(H,20,23)(H,25,26)/t12-/m1/s1. The number of fused-ring (bicyclic) bond motifs is 1. The summed E-state index contributed by atoms with van der Waals surface area (Å²) in [4.78, 5) is 36.3. The number of carbonyl (C=O) groups excluding carboxylic acids is 1. The van der Waals surface area contributed by atoms with Crippen molar-refractivity contribution in [3.05, 3.63) is 76.2 Å². The predicted molar refractivity (Wildman–Crippen MR) is 96.0 cm³/mol. The van der Waals surface area contributed by atoms with Crippen molar-refractivity contribution in [1.29, 1.82) is 0 Å². The maximum absolute atomic E-state index is 12.5. The zero-order valence-corrected chi connectivity index (χ0v) is 14.0. The van der Waals surface area contributed by atoms with Crippen LogP contribution in [0.25, 0.3) is 10.8 Å². The molecule has 0 fully saturated rings. The van der Waals surface area contributed by atoms with Gasteiger partial charge in [0, 0.05) is 5.39 Å². The van der Waals surface area contributed by atoms with Gasteiger partial charge in [-0.15, -0.1) is 0 Å². The number of rotatable bonds is 5. The van der Waals surface area contributed by atoms with Crippen molar-refractivity contribution in [1.82, 2.24) is 15.1 Å². The van der Waals surface area contributed by atoms with Gasteiger partial charge in [0.15, 0.2) is 5.69 Å². The summed E-state index contributed by atoms with van der Waals surface area (Å²) in [5.41, 5.74) is 0.156. The molecule has 7 nitrogen and oxygen atoms in total. The summed E-state index contributed by atoms with van der Waals surface area (Å²) in [6, 6.07) is 15.4. The quantitative estimate of drug-likeness (QED) is 0.732. The van der Waals surface area contributed by atoms with Crippen LogP contribution >= 0.6 is 0 Å². The van der Waals surface area contributed by atoms with Gasteiger partial charge in [-0.05, 0) is 18.6 Å². The van der Waals surface area contributed by atoms with E-state index in [-0.39, 0.29) is 29.1 Å². The van der Waals surface area contributed by atoms with Crippen LogP contribution in [0.4, 0.5) is 0 Å². The molecule has 0 aliphatic rings. The van der Waals surface area contributed by atoms with Crippen LogP contribution in [-0.2, 0) is 11.3 Å². The first-order valence-electron chi connectivity index (χ1n) is 8.05. The number of amides is 1. The molecule has 0 spiro atoms. The number of carbonyl (C=O) groups is 2. The Morgan fingerprint density at radius 3 is 2.35 bits per heavy atom. The van der Waals surface area contributed by atoms with Gasteiger partial charge in [0.05, 0.1) is 11.4 Å². The van der Waals surface area contributed by atoms with E-state index in [0.717, 1.165) is 10.2 Å². The van der Waals surface area contributed by atoms with Crippen molar-refractivity contribution in [2.45, 2.75) is 19.5 Å². The highest BCUT2D eigenvalue weighted by Gasteiger charge is 2.17. The van der Waals surface area contributed by atoms with Gasteiger partial charge in [-0.2, -0.15) is 5.10 Å². The van der Waals surface area contributed by atoms with E-state index in [1.54, 1.807) is 12.1 Å². The maximum Gasteiger partial charge on any atom is 0.357 e. The number of nitrogens with one attached hydrogen (secondary N) is 1. The molecule has 1 aromatic heterocycles. The van der Waals surface area contributed by atoms with Crippen LogP contribution in [0.2, 0.25) is 0 Å². The Balaban J connectivity index is 1.89. The van der Waals surface area contributed by atoms with E-state index in [0.29, 0.717) is 0 Å². The second kappa shape index (κ2) is 7.18. The van der Waals surface area contributed by atoms with Gasteiger partial charge in [0.25, 0.3) is 5.56 Å². The summed E-state index contributed by atoms with van der Waals surface area (Å²) >= 11 is 0. The summed E-state index contributed by atoms with van der Waals surface area (Å²) in [5, 5.41) is 16.5. The summed E-state index contributed by atoms with van der Waals surface area (Å²) in [5.74, 6) is -1.68. The monoisotopic (exact) mass is 351 g/mol. The number of carboxylic acids is 1. The summed E-state index contributed by atoms with van der Waals surface area (Å²) in [7, 11) is 0. The molecule has 1 atom stereocenters. The average molecular weight is 351 g/mol. The van der Waals surface area contributed by atoms with Gasteiger partial charge < -0.3 is 10.4 Å². The van der Waals surface area contributed by atoms with Crippen LogP contribution in [0.5, 0.6) is 0 Å². The molecule has 3 aromatic rings. The van der Waals surface area contributed by atoms with Crippen molar-refractivity contribution < 1.29 is 14.7 Å².